The molecule has 0 saturated heterocycles. The molecule has 98 valence electrons. The van der Waals surface area contributed by atoms with Crippen molar-refractivity contribution in [1.82, 2.24) is 0 Å². The molecule has 0 aliphatic rings. The van der Waals surface area contributed by atoms with Crippen LogP contribution >= 0.6 is 0 Å². The van der Waals surface area contributed by atoms with Gasteiger partial charge < -0.3 is 5.32 Å². The predicted octanol–water partition coefficient (Wildman–Crippen LogP) is 3.99. The van der Waals surface area contributed by atoms with Gasteiger partial charge in [-0.15, -0.1) is 0 Å². The molecule has 1 N–H and O–H groups in total. The van der Waals surface area contributed by atoms with Gasteiger partial charge in [0.05, 0.1) is 5.41 Å². The minimum Gasteiger partial charge on any atom is -0.325 e. The van der Waals surface area contributed by atoms with E-state index in [9.17, 15) is 4.79 Å². The Hall–Kier alpha value is -2.09. The molecule has 0 spiro atoms. The van der Waals surface area contributed by atoms with E-state index >= 15 is 0 Å². The molecule has 0 aliphatic carbocycles. The average molecular weight is 253 g/mol. The maximum Gasteiger partial charge on any atom is 0.234 e. The average Bonchev–Trinajstić information content (AvgIpc) is 2.48. The first-order chi connectivity index (χ1) is 9.16. The first-order valence-corrected chi connectivity index (χ1v) is 6.59. The lowest BCUT2D eigenvalue weighted by Gasteiger charge is -2.27. The van der Waals surface area contributed by atoms with Crippen molar-refractivity contribution in [2.45, 2.75) is 25.7 Å². The van der Waals surface area contributed by atoms with Crippen LogP contribution in [0.1, 0.15) is 25.8 Å². The summed E-state index contributed by atoms with van der Waals surface area (Å²) in [4.78, 5) is 12.6. The number of amides is 1. The molecule has 0 unspecified atom stereocenters. The molecule has 0 fully saturated rings. The number of hydrogen-bond donors (Lipinski definition) is 1. The Kier molecular flexibility index (Phi) is 4.00. The highest BCUT2D eigenvalue weighted by Gasteiger charge is 2.33. The van der Waals surface area contributed by atoms with E-state index in [1.807, 2.05) is 74.5 Å². The first kappa shape index (κ1) is 13.3. The van der Waals surface area contributed by atoms with Crippen molar-refractivity contribution in [2.75, 3.05) is 5.32 Å². The van der Waals surface area contributed by atoms with E-state index in [1.165, 1.54) is 0 Å². The van der Waals surface area contributed by atoms with Gasteiger partial charge in [0.2, 0.25) is 5.91 Å². The van der Waals surface area contributed by atoms with E-state index in [1.54, 1.807) is 0 Å². The summed E-state index contributed by atoms with van der Waals surface area (Å²) in [6.07, 6.45) is 0.760. The van der Waals surface area contributed by atoms with Gasteiger partial charge in [-0.1, -0.05) is 55.5 Å². The fraction of sp³-hybridized carbons (Fsp3) is 0.235. The maximum atomic E-state index is 12.6. The minimum atomic E-state index is -0.503. The normalized spacial score (nSPS) is 13.6. The second-order valence-corrected chi connectivity index (χ2v) is 4.87. The van der Waals surface area contributed by atoms with Crippen LogP contribution < -0.4 is 5.32 Å². The summed E-state index contributed by atoms with van der Waals surface area (Å²) in [5, 5.41) is 2.99. The highest BCUT2D eigenvalue weighted by atomic mass is 16.2. The molecule has 2 aromatic carbocycles. The molecule has 0 aromatic heterocycles. The Bertz CT molecular complexity index is 536. The summed E-state index contributed by atoms with van der Waals surface area (Å²) in [6, 6.07) is 19.5. The number of rotatable bonds is 4. The highest BCUT2D eigenvalue weighted by Crippen LogP contribution is 2.29. The molecule has 1 atom stereocenters. The van der Waals surface area contributed by atoms with Crippen LogP contribution in [0.5, 0.6) is 0 Å². The molecular formula is C17H19NO. The number of hydrogen-bond acceptors (Lipinski definition) is 1. The van der Waals surface area contributed by atoms with Crippen molar-refractivity contribution in [2.24, 2.45) is 0 Å². The Morgan fingerprint density at radius 1 is 1.00 bits per heavy atom. The molecule has 2 aromatic rings. The number of para-hydroxylation sites is 1. The van der Waals surface area contributed by atoms with Crippen molar-refractivity contribution in [1.29, 1.82) is 0 Å². The summed E-state index contributed by atoms with van der Waals surface area (Å²) >= 11 is 0. The minimum absolute atomic E-state index is 0.0346. The van der Waals surface area contributed by atoms with E-state index in [0.717, 1.165) is 17.7 Å². The summed E-state index contributed by atoms with van der Waals surface area (Å²) in [6.45, 7) is 4.03. The van der Waals surface area contributed by atoms with Gasteiger partial charge >= 0.3 is 0 Å². The van der Waals surface area contributed by atoms with Crippen LogP contribution in [-0.2, 0) is 10.2 Å². The second kappa shape index (κ2) is 5.70. The predicted molar refractivity (Wildman–Crippen MR) is 79.2 cm³/mol. The number of nitrogens with one attached hydrogen (secondary N) is 1. The SMILES string of the molecule is CC[C@@](C)(C(=O)Nc1ccccc1)c1ccccc1. The van der Waals surface area contributed by atoms with Crippen LogP contribution in [0.2, 0.25) is 0 Å². The topological polar surface area (TPSA) is 29.1 Å². The van der Waals surface area contributed by atoms with Gasteiger partial charge in [0, 0.05) is 5.69 Å². The lowest BCUT2D eigenvalue weighted by molar-refractivity contribution is -0.121. The van der Waals surface area contributed by atoms with E-state index in [0.29, 0.717) is 0 Å². The Balaban J connectivity index is 2.24. The van der Waals surface area contributed by atoms with Crippen LogP contribution in [0.15, 0.2) is 60.7 Å². The third kappa shape index (κ3) is 2.84. The van der Waals surface area contributed by atoms with Crippen LogP contribution in [0.4, 0.5) is 5.69 Å². The van der Waals surface area contributed by atoms with Crippen molar-refractivity contribution < 1.29 is 4.79 Å². The monoisotopic (exact) mass is 253 g/mol. The van der Waals surface area contributed by atoms with Crippen molar-refractivity contribution >= 4 is 11.6 Å². The molecule has 0 aliphatic heterocycles. The third-order valence-corrected chi connectivity index (χ3v) is 3.65. The number of anilines is 1. The van der Waals surface area contributed by atoms with Crippen LogP contribution in [0, 0.1) is 0 Å². The van der Waals surface area contributed by atoms with Crippen LogP contribution in [0.3, 0.4) is 0 Å². The Morgan fingerprint density at radius 3 is 2.05 bits per heavy atom. The quantitative estimate of drug-likeness (QED) is 0.877. The number of benzene rings is 2. The fourth-order valence-electron chi connectivity index (χ4n) is 2.09. The van der Waals surface area contributed by atoms with Gasteiger partial charge in [-0.05, 0) is 31.0 Å². The molecule has 2 heteroatoms. The zero-order valence-electron chi connectivity index (χ0n) is 11.4. The lowest BCUT2D eigenvalue weighted by atomic mass is 9.79. The van der Waals surface area contributed by atoms with Gasteiger partial charge in [-0.2, -0.15) is 0 Å². The number of carbonyl (C=O) groups excluding carboxylic acids is 1. The summed E-state index contributed by atoms with van der Waals surface area (Å²) in [5.74, 6) is 0.0346. The van der Waals surface area contributed by atoms with Gasteiger partial charge in [0.1, 0.15) is 0 Å². The standard InChI is InChI=1S/C17H19NO/c1-3-17(2,14-10-6-4-7-11-14)16(19)18-15-12-8-5-9-13-15/h4-13H,3H2,1-2H3,(H,18,19)/t17-/m1/s1. The molecule has 19 heavy (non-hydrogen) atoms. The second-order valence-electron chi connectivity index (χ2n) is 4.87. The zero-order chi connectivity index (χ0) is 13.7. The largest absolute Gasteiger partial charge is 0.325 e. The molecular weight excluding hydrogens is 234 g/mol. The van der Waals surface area contributed by atoms with Gasteiger partial charge in [0.25, 0.3) is 0 Å². The zero-order valence-corrected chi connectivity index (χ0v) is 11.4. The van der Waals surface area contributed by atoms with Gasteiger partial charge in [-0.25, -0.2) is 0 Å². The van der Waals surface area contributed by atoms with E-state index in [-0.39, 0.29) is 5.91 Å². The van der Waals surface area contributed by atoms with Crippen molar-refractivity contribution in [3.05, 3.63) is 66.2 Å². The molecule has 2 rings (SSSR count). The first-order valence-electron chi connectivity index (χ1n) is 6.59. The smallest absolute Gasteiger partial charge is 0.234 e. The number of carbonyl (C=O) groups is 1. The molecule has 1 amide bonds. The van der Waals surface area contributed by atoms with Gasteiger partial charge in [0.15, 0.2) is 0 Å². The fourth-order valence-corrected chi connectivity index (χ4v) is 2.09. The molecule has 2 nitrogen and oxygen atoms in total. The summed E-state index contributed by atoms with van der Waals surface area (Å²) in [5.41, 5.74) is 1.38. The lowest BCUT2D eigenvalue weighted by Crippen LogP contribution is -2.37. The summed E-state index contributed by atoms with van der Waals surface area (Å²) < 4.78 is 0. The van der Waals surface area contributed by atoms with Crippen LogP contribution in [0.25, 0.3) is 0 Å². The van der Waals surface area contributed by atoms with E-state index in [4.69, 9.17) is 0 Å². The van der Waals surface area contributed by atoms with Crippen molar-refractivity contribution in [3.63, 3.8) is 0 Å². The summed E-state index contributed by atoms with van der Waals surface area (Å²) in [7, 11) is 0. The van der Waals surface area contributed by atoms with Crippen molar-refractivity contribution in [3.8, 4) is 0 Å². The third-order valence-electron chi connectivity index (χ3n) is 3.65. The maximum absolute atomic E-state index is 12.6. The van der Waals surface area contributed by atoms with E-state index in [2.05, 4.69) is 5.32 Å². The highest BCUT2D eigenvalue weighted by molar-refractivity contribution is 5.98. The molecule has 0 radical (unpaired) electrons. The molecule has 0 heterocycles. The van der Waals surface area contributed by atoms with E-state index < -0.39 is 5.41 Å². The molecule has 0 bridgehead atoms. The van der Waals surface area contributed by atoms with Crippen LogP contribution in [-0.4, -0.2) is 5.91 Å². The van der Waals surface area contributed by atoms with Gasteiger partial charge in [-0.3, -0.25) is 4.79 Å². The Labute approximate surface area is 114 Å². The molecule has 0 saturated carbocycles. The Morgan fingerprint density at radius 2 is 1.53 bits per heavy atom.